The third kappa shape index (κ3) is 1.66. The smallest absolute Gasteiger partial charge is 0.156 e. The first-order valence-corrected chi connectivity index (χ1v) is 4.44. The number of hydrogen-bond donors (Lipinski definition) is 0. The number of amidine groups is 1. The molecule has 13 heavy (non-hydrogen) atoms. The summed E-state index contributed by atoms with van der Waals surface area (Å²) in [6, 6.07) is 3.85. The Morgan fingerprint density at radius 2 is 2.38 bits per heavy atom. The first-order chi connectivity index (χ1) is 6.38. The van der Waals surface area contributed by atoms with Crippen molar-refractivity contribution >= 4 is 11.7 Å². The third-order valence-corrected chi connectivity index (χ3v) is 2.11. The van der Waals surface area contributed by atoms with Crippen LogP contribution in [-0.4, -0.2) is 29.1 Å². The molecule has 0 aromatic carbocycles. The minimum absolute atomic E-state index is 0.892. The van der Waals surface area contributed by atoms with Crippen LogP contribution in [-0.2, 0) is 0 Å². The zero-order chi connectivity index (χ0) is 9.10. The molecule has 2 rings (SSSR count). The molecule has 0 saturated heterocycles. The van der Waals surface area contributed by atoms with Crippen molar-refractivity contribution in [1.82, 2.24) is 10.2 Å². The molecule has 0 fully saturated rings. The first kappa shape index (κ1) is 8.16. The van der Waals surface area contributed by atoms with Crippen LogP contribution in [0.5, 0.6) is 0 Å². The number of anilines is 1. The maximum atomic E-state index is 4.36. The van der Waals surface area contributed by atoms with E-state index >= 15 is 0 Å². The molecule has 0 aliphatic carbocycles. The van der Waals surface area contributed by atoms with Gasteiger partial charge in [-0.1, -0.05) is 0 Å². The van der Waals surface area contributed by atoms with E-state index in [4.69, 9.17) is 0 Å². The van der Waals surface area contributed by atoms with Crippen molar-refractivity contribution in [3.05, 3.63) is 18.3 Å². The van der Waals surface area contributed by atoms with Crippen LogP contribution >= 0.6 is 0 Å². The molecule has 1 aromatic heterocycles. The van der Waals surface area contributed by atoms with E-state index in [2.05, 4.69) is 20.1 Å². The van der Waals surface area contributed by atoms with Crippen LogP contribution in [0.15, 0.2) is 23.3 Å². The topological polar surface area (TPSA) is 41.4 Å². The fraction of sp³-hybridized carbons (Fsp3) is 0.444. The first-order valence-electron chi connectivity index (χ1n) is 4.44. The quantitative estimate of drug-likeness (QED) is 0.643. The van der Waals surface area contributed by atoms with E-state index in [0.29, 0.717) is 0 Å². The van der Waals surface area contributed by atoms with Gasteiger partial charge < -0.3 is 4.90 Å². The van der Waals surface area contributed by atoms with Gasteiger partial charge in [0.25, 0.3) is 0 Å². The second kappa shape index (κ2) is 3.51. The van der Waals surface area contributed by atoms with Crippen molar-refractivity contribution in [2.45, 2.75) is 13.3 Å². The molecule has 4 heteroatoms. The van der Waals surface area contributed by atoms with E-state index in [-0.39, 0.29) is 0 Å². The Kier molecular flexibility index (Phi) is 2.21. The van der Waals surface area contributed by atoms with Crippen LogP contribution in [0, 0.1) is 0 Å². The van der Waals surface area contributed by atoms with Gasteiger partial charge in [-0.2, -0.15) is 5.10 Å². The lowest BCUT2D eigenvalue weighted by atomic mass is 10.3. The summed E-state index contributed by atoms with van der Waals surface area (Å²) in [4.78, 5) is 6.46. The largest absolute Gasteiger partial charge is 0.314 e. The predicted molar refractivity (Wildman–Crippen MR) is 52.0 cm³/mol. The summed E-state index contributed by atoms with van der Waals surface area (Å²) in [5.41, 5.74) is 0. The van der Waals surface area contributed by atoms with Crippen LogP contribution in [0.3, 0.4) is 0 Å². The van der Waals surface area contributed by atoms with E-state index in [1.54, 1.807) is 6.20 Å². The Morgan fingerprint density at radius 3 is 3.08 bits per heavy atom. The summed E-state index contributed by atoms with van der Waals surface area (Å²) in [6.45, 7) is 3.93. The molecule has 1 aliphatic heterocycles. The SMILES string of the molecule is CC1=NCCCN1c1cccnn1. The normalized spacial score (nSPS) is 17.0. The Balaban J connectivity index is 2.26. The molecule has 68 valence electrons. The van der Waals surface area contributed by atoms with Crippen LogP contribution in [0.4, 0.5) is 5.82 Å². The van der Waals surface area contributed by atoms with Crippen molar-refractivity contribution < 1.29 is 0 Å². The molecule has 0 radical (unpaired) electrons. The summed E-state index contributed by atoms with van der Waals surface area (Å²) < 4.78 is 0. The molecule has 0 unspecified atom stereocenters. The van der Waals surface area contributed by atoms with Gasteiger partial charge in [0.05, 0.1) is 0 Å². The Hall–Kier alpha value is -1.45. The minimum atomic E-state index is 0.892. The lowest BCUT2D eigenvalue weighted by Crippen LogP contribution is -2.34. The number of rotatable bonds is 1. The van der Waals surface area contributed by atoms with Gasteiger partial charge in [-0.25, -0.2) is 0 Å². The van der Waals surface area contributed by atoms with Crippen LogP contribution < -0.4 is 4.90 Å². The summed E-state index contributed by atoms with van der Waals surface area (Å²) in [7, 11) is 0. The minimum Gasteiger partial charge on any atom is -0.314 e. The highest BCUT2D eigenvalue weighted by molar-refractivity contribution is 5.95. The average molecular weight is 176 g/mol. The lowest BCUT2D eigenvalue weighted by Gasteiger charge is -2.25. The highest BCUT2D eigenvalue weighted by atomic mass is 15.3. The van der Waals surface area contributed by atoms with E-state index in [0.717, 1.165) is 31.2 Å². The summed E-state index contributed by atoms with van der Waals surface area (Å²) in [6.07, 6.45) is 2.77. The number of aliphatic imine (C=N–C) groups is 1. The van der Waals surface area contributed by atoms with E-state index < -0.39 is 0 Å². The van der Waals surface area contributed by atoms with E-state index in [1.807, 2.05) is 19.1 Å². The fourth-order valence-electron chi connectivity index (χ4n) is 1.43. The lowest BCUT2D eigenvalue weighted by molar-refractivity contribution is 0.773. The predicted octanol–water partition coefficient (Wildman–Crippen LogP) is 1.11. The van der Waals surface area contributed by atoms with Gasteiger partial charge in [0.2, 0.25) is 0 Å². The maximum absolute atomic E-state index is 4.36. The van der Waals surface area contributed by atoms with Crippen molar-refractivity contribution in [3.63, 3.8) is 0 Å². The summed E-state index contributed by atoms with van der Waals surface area (Å²) in [5.74, 6) is 1.93. The molecule has 1 aromatic rings. The fourth-order valence-corrected chi connectivity index (χ4v) is 1.43. The van der Waals surface area contributed by atoms with E-state index in [1.165, 1.54) is 0 Å². The number of aromatic nitrogens is 2. The van der Waals surface area contributed by atoms with Gasteiger partial charge in [-0.05, 0) is 25.5 Å². The van der Waals surface area contributed by atoms with Crippen LogP contribution in [0.25, 0.3) is 0 Å². The monoisotopic (exact) mass is 176 g/mol. The molecule has 0 saturated carbocycles. The number of nitrogens with zero attached hydrogens (tertiary/aromatic N) is 4. The van der Waals surface area contributed by atoms with Crippen molar-refractivity contribution in [2.75, 3.05) is 18.0 Å². The molecular weight excluding hydrogens is 164 g/mol. The standard InChI is InChI=1S/C9H12N4/c1-8-10-5-3-7-13(8)9-4-2-6-11-12-9/h2,4,6H,3,5,7H2,1H3. The van der Waals surface area contributed by atoms with Crippen LogP contribution in [0.2, 0.25) is 0 Å². The zero-order valence-corrected chi connectivity index (χ0v) is 7.64. The molecule has 0 amide bonds. The van der Waals surface area contributed by atoms with Gasteiger partial charge in [0.1, 0.15) is 5.84 Å². The average Bonchev–Trinajstić information content (AvgIpc) is 2.20. The molecular formula is C9H12N4. The Labute approximate surface area is 77.3 Å². The molecule has 0 spiro atoms. The second-order valence-electron chi connectivity index (χ2n) is 3.02. The number of hydrogen-bond acceptors (Lipinski definition) is 4. The molecule has 0 N–H and O–H groups in total. The van der Waals surface area contributed by atoms with E-state index in [9.17, 15) is 0 Å². The molecule has 1 aliphatic rings. The Bertz CT molecular complexity index is 307. The van der Waals surface area contributed by atoms with Gasteiger partial charge in [0, 0.05) is 19.3 Å². The van der Waals surface area contributed by atoms with Crippen LogP contribution in [0.1, 0.15) is 13.3 Å². The molecule has 2 heterocycles. The molecule has 4 nitrogen and oxygen atoms in total. The molecule has 0 bridgehead atoms. The zero-order valence-electron chi connectivity index (χ0n) is 7.64. The van der Waals surface area contributed by atoms with Gasteiger partial charge >= 0.3 is 0 Å². The highest BCUT2D eigenvalue weighted by Crippen LogP contribution is 2.12. The van der Waals surface area contributed by atoms with Gasteiger partial charge in [-0.15, -0.1) is 5.10 Å². The van der Waals surface area contributed by atoms with Gasteiger partial charge in [-0.3, -0.25) is 4.99 Å². The summed E-state index contributed by atoms with van der Waals surface area (Å²) >= 11 is 0. The Morgan fingerprint density at radius 1 is 1.46 bits per heavy atom. The second-order valence-corrected chi connectivity index (χ2v) is 3.02. The highest BCUT2D eigenvalue weighted by Gasteiger charge is 2.13. The maximum Gasteiger partial charge on any atom is 0.156 e. The van der Waals surface area contributed by atoms with Crippen molar-refractivity contribution in [3.8, 4) is 0 Å². The summed E-state index contributed by atoms with van der Waals surface area (Å²) in [5, 5.41) is 7.90. The van der Waals surface area contributed by atoms with Crippen molar-refractivity contribution in [2.24, 2.45) is 4.99 Å². The van der Waals surface area contributed by atoms with Crippen molar-refractivity contribution in [1.29, 1.82) is 0 Å². The third-order valence-electron chi connectivity index (χ3n) is 2.11. The molecule has 0 atom stereocenters. The van der Waals surface area contributed by atoms with Gasteiger partial charge in [0.15, 0.2) is 5.82 Å².